The first-order chi connectivity index (χ1) is 8.24. The third-order valence-corrected chi connectivity index (χ3v) is 2.84. The smallest absolute Gasteiger partial charge is 0.335 e. The summed E-state index contributed by atoms with van der Waals surface area (Å²) < 4.78 is 3.75. The van der Waals surface area contributed by atoms with E-state index in [0.29, 0.717) is 22.6 Å². The number of H-pyrrole nitrogens is 1. The van der Waals surface area contributed by atoms with Crippen LogP contribution in [0.2, 0.25) is 0 Å². The summed E-state index contributed by atoms with van der Waals surface area (Å²) in [5.74, 6) is -0.366. The number of imidazole rings is 1. The molecule has 0 fully saturated rings. The third kappa shape index (κ3) is 1.66. The molecule has 0 aliphatic heterocycles. The fourth-order valence-corrected chi connectivity index (χ4v) is 1.97. The van der Waals surface area contributed by atoms with Crippen LogP contribution < -0.4 is 0 Å². The molecule has 0 bridgehead atoms. The average Bonchev–Trinajstić information content (AvgIpc) is 2.96. The van der Waals surface area contributed by atoms with Crippen molar-refractivity contribution in [3.05, 3.63) is 29.1 Å². The summed E-state index contributed by atoms with van der Waals surface area (Å²) >= 11 is 1.24. The van der Waals surface area contributed by atoms with E-state index < -0.39 is 5.97 Å². The van der Waals surface area contributed by atoms with Crippen molar-refractivity contribution in [2.45, 2.75) is 0 Å². The van der Waals surface area contributed by atoms with E-state index in [2.05, 4.69) is 19.6 Å². The minimum atomic E-state index is -0.960. The van der Waals surface area contributed by atoms with Crippen molar-refractivity contribution >= 4 is 28.5 Å². The summed E-state index contributed by atoms with van der Waals surface area (Å²) in [5.41, 5.74) is 2.26. The number of hydrogen-bond donors (Lipinski definition) is 2. The van der Waals surface area contributed by atoms with Gasteiger partial charge in [0.2, 0.25) is 0 Å². The second-order valence-corrected chi connectivity index (χ2v) is 4.02. The quantitative estimate of drug-likeness (QED) is 0.719. The van der Waals surface area contributed by atoms with Gasteiger partial charge in [0.25, 0.3) is 0 Å². The number of rotatable bonds is 2. The van der Waals surface area contributed by atoms with E-state index in [1.807, 2.05) is 0 Å². The van der Waals surface area contributed by atoms with Crippen LogP contribution >= 0.6 is 11.5 Å². The average molecular weight is 246 g/mol. The van der Waals surface area contributed by atoms with Crippen LogP contribution in [0.5, 0.6) is 0 Å². The van der Waals surface area contributed by atoms with Crippen LogP contribution in [-0.4, -0.2) is 30.6 Å². The van der Waals surface area contributed by atoms with Crippen LogP contribution in [0.4, 0.5) is 0 Å². The third-order valence-electron chi connectivity index (χ3n) is 2.33. The van der Waals surface area contributed by atoms with Crippen LogP contribution in [0.25, 0.3) is 22.6 Å². The molecule has 0 saturated heterocycles. The van der Waals surface area contributed by atoms with E-state index in [0.717, 1.165) is 0 Å². The molecule has 3 aromatic rings. The molecule has 0 saturated carbocycles. The van der Waals surface area contributed by atoms with Gasteiger partial charge >= 0.3 is 5.97 Å². The Balaban J connectivity index is 2.16. The Kier molecular flexibility index (Phi) is 2.12. The lowest BCUT2D eigenvalue weighted by molar-refractivity contribution is 0.0697. The summed E-state index contributed by atoms with van der Waals surface area (Å²) in [6.45, 7) is 0. The second-order valence-electron chi connectivity index (χ2n) is 3.41. The van der Waals surface area contributed by atoms with E-state index in [4.69, 9.17) is 5.11 Å². The molecule has 0 unspecified atom stereocenters. The predicted molar refractivity (Wildman–Crippen MR) is 62.0 cm³/mol. The molecule has 0 atom stereocenters. The molecule has 84 valence electrons. The van der Waals surface area contributed by atoms with Crippen LogP contribution in [0, 0.1) is 0 Å². The molecular weight excluding hydrogens is 240 g/mol. The van der Waals surface area contributed by atoms with Crippen molar-refractivity contribution in [3.63, 3.8) is 0 Å². The molecular formula is C10H6N4O2S. The van der Waals surface area contributed by atoms with Gasteiger partial charge in [-0.2, -0.15) is 0 Å². The highest BCUT2D eigenvalue weighted by molar-refractivity contribution is 7.03. The maximum atomic E-state index is 10.8. The Morgan fingerprint density at radius 2 is 2.29 bits per heavy atom. The summed E-state index contributed by atoms with van der Waals surface area (Å²) in [7, 11) is 0. The Morgan fingerprint density at radius 3 is 3.00 bits per heavy atom. The normalized spacial score (nSPS) is 10.8. The Hall–Kier alpha value is -2.28. The molecule has 0 amide bonds. The predicted octanol–water partition coefficient (Wildman–Crippen LogP) is 1.78. The molecule has 0 radical (unpaired) electrons. The lowest BCUT2D eigenvalue weighted by Crippen LogP contribution is -1.94. The number of aromatic nitrogens is 4. The fraction of sp³-hybridized carbons (Fsp3) is 0. The van der Waals surface area contributed by atoms with Crippen molar-refractivity contribution in [2.24, 2.45) is 0 Å². The van der Waals surface area contributed by atoms with Crippen molar-refractivity contribution in [3.8, 4) is 11.5 Å². The highest BCUT2D eigenvalue weighted by Crippen LogP contribution is 2.20. The van der Waals surface area contributed by atoms with Crippen molar-refractivity contribution in [1.29, 1.82) is 0 Å². The van der Waals surface area contributed by atoms with Crippen molar-refractivity contribution < 1.29 is 9.90 Å². The zero-order valence-corrected chi connectivity index (χ0v) is 9.23. The van der Waals surface area contributed by atoms with Gasteiger partial charge in [0, 0.05) is 5.38 Å². The van der Waals surface area contributed by atoms with Gasteiger partial charge in [0.15, 0.2) is 5.82 Å². The minimum Gasteiger partial charge on any atom is -0.478 e. The number of aromatic carboxylic acids is 1. The van der Waals surface area contributed by atoms with E-state index in [1.165, 1.54) is 17.6 Å². The van der Waals surface area contributed by atoms with E-state index in [1.54, 1.807) is 17.5 Å². The first-order valence-electron chi connectivity index (χ1n) is 4.74. The number of aromatic amines is 1. The number of nitrogens with zero attached hydrogens (tertiary/aromatic N) is 3. The van der Waals surface area contributed by atoms with Gasteiger partial charge in [-0.05, 0) is 29.7 Å². The number of carbonyl (C=O) groups is 1. The van der Waals surface area contributed by atoms with Crippen LogP contribution in [0.15, 0.2) is 23.6 Å². The molecule has 17 heavy (non-hydrogen) atoms. The number of fused-ring (bicyclic) bond motifs is 1. The zero-order valence-electron chi connectivity index (χ0n) is 8.41. The highest BCUT2D eigenvalue weighted by atomic mass is 32.1. The Labute approximate surface area is 99.1 Å². The second kappa shape index (κ2) is 3.63. The molecule has 0 spiro atoms. The Morgan fingerprint density at radius 1 is 1.41 bits per heavy atom. The van der Waals surface area contributed by atoms with Gasteiger partial charge in [-0.3, -0.25) is 0 Å². The minimum absolute atomic E-state index is 0.226. The topological polar surface area (TPSA) is 91.8 Å². The number of carboxylic acid groups (broad SMARTS) is 1. The largest absolute Gasteiger partial charge is 0.478 e. The number of hydrogen-bond acceptors (Lipinski definition) is 5. The van der Waals surface area contributed by atoms with E-state index in [9.17, 15) is 4.79 Å². The molecule has 0 aliphatic rings. The SMILES string of the molecule is O=C(O)c1ccc2nc(-c3csnn3)[nH]c2c1. The zero-order chi connectivity index (χ0) is 11.8. The maximum Gasteiger partial charge on any atom is 0.335 e. The van der Waals surface area contributed by atoms with Crippen molar-refractivity contribution in [2.75, 3.05) is 0 Å². The molecule has 2 heterocycles. The highest BCUT2D eigenvalue weighted by Gasteiger charge is 2.10. The molecule has 2 N–H and O–H groups in total. The maximum absolute atomic E-state index is 10.8. The number of benzene rings is 1. The number of nitrogens with one attached hydrogen (secondary N) is 1. The van der Waals surface area contributed by atoms with E-state index in [-0.39, 0.29) is 5.56 Å². The van der Waals surface area contributed by atoms with Gasteiger partial charge in [-0.15, -0.1) is 5.10 Å². The molecule has 1 aromatic carbocycles. The molecule has 2 aromatic heterocycles. The first kappa shape index (κ1) is 9.91. The fourth-order valence-electron chi connectivity index (χ4n) is 1.53. The summed E-state index contributed by atoms with van der Waals surface area (Å²) in [4.78, 5) is 18.2. The standard InChI is InChI=1S/C10H6N4O2S/c15-10(16)5-1-2-6-7(3-5)12-9(11-6)8-4-17-14-13-8/h1-4H,(H,11,12)(H,15,16). The van der Waals surface area contributed by atoms with Gasteiger partial charge < -0.3 is 10.1 Å². The van der Waals surface area contributed by atoms with Gasteiger partial charge in [-0.25, -0.2) is 9.78 Å². The summed E-state index contributed by atoms with van der Waals surface area (Å²) in [6.07, 6.45) is 0. The monoisotopic (exact) mass is 246 g/mol. The van der Waals surface area contributed by atoms with Gasteiger partial charge in [0.1, 0.15) is 5.69 Å². The summed E-state index contributed by atoms with van der Waals surface area (Å²) in [5, 5.41) is 14.6. The van der Waals surface area contributed by atoms with Gasteiger partial charge in [-0.1, -0.05) is 4.49 Å². The lowest BCUT2D eigenvalue weighted by Gasteiger charge is -1.92. The first-order valence-corrected chi connectivity index (χ1v) is 5.58. The van der Waals surface area contributed by atoms with Crippen LogP contribution in [0.1, 0.15) is 10.4 Å². The van der Waals surface area contributed by atoms with Crippen LogP contribution in [0.3, 0.4) is 0 Å². The van der Waals surface area contributed by atoms with Crippen LogP contribution in [-0.2, 0) is 0 Å². The lowest BCUT2D eigenvalue weighted by atomic mass is 10.2. The van der Waals surface area contributed by atoms with E-state index >= 15 is 0 Å². The van der Waals surface area contributed by atoms with Crippen molar-refractivity contribution in [1.82, 2.24) is 19.6 Å². The molecule has 3 rings (SSSR count). The Bertz CT molecular complexity index is 689. The molecule has 6 nitrogen and oxygen atoms in total. The number of carboxylic acids is 1. The van der Waals surface area contributed by atoms with Gasteiger partial charge in [0.05, 0.1) is 16.6 Å². The molecule has 7 heteroatoms. The summed E-state index contributed by atoms with van der Waals surface area (Å²) in [6, 6.07) is 4.74. The molecule has 0 aliphatic carbocycles.